The highest BCUT2D eigenvalue weighted by molar-refractivity contribution is 8.01. The summed E-state index contributed by atoms with van der Waals surface area (Å²) < 4.78 is 1.09. The van der Waals surface area contributed by atoms with Crippen molar-refractivity contribution in [3.05, 3.63) is 11.6 Å². The summed E-state index contributed by atoms with van der Waals surface area (Å²) in [5.74, 6) is 1.25. The third kappa shape index (κ3) is 5.89. The van der Waals surface area contributed by atoms with Gasteiger partial charge < -0.3 is 10.2 Å². The molecule has 4 nitrogen and oxygen atoms in total. The minimum absolute atomic E-state index is 0.317. The van der Waals surface area contributed by atoms with Crippen molar-refractivity contribution in [1.29, 1.82) is 0 Å². The molecule has 1 aliphatic rings. The first-order chi connectivity index (χ1) is 10.8. The lowest BCUT2D eigenvalue weighted by Crippen LogP contribution is -2.41. The minimum Gasteiger partial charge on any atom is -0.338 e. The third-order valence-corrected chi connectivity index (χ3v) is 5.95. The topological polar surface area (TPSA) is 45.2 Å². The van der Waals surface area contributed by atoms with Crippen molar-refractivity contribution in [2.75, 3.05) is 25.4 Å². The van der Waals surface area contributed by atoms with Gasteiger partial charge >= 0.3 is 0 Å². The fourth-order valence-electron chi connectivity index (χ4n) is 2.77. The highest BCUT2D eigenvalue weighted by Gasteiger charge is 2.29. The molecular formula is C16H27N3OS2. The number of rotatable bonds is 11. The standard InChI is InChI=1S/C16H27N3OS2/c1-2-3-4-5-8-17-13-14-6-7-15(20)19(14)10-12-22-16-18-9-11-21-16/h9,11,14,17H,2-8,10,12-13H2,1H3/t14-/m1/s1. The Balaban J connectivity index is 1.63. The average molecular weight is 342 g/mol. The number of carbonyl (C=O) groups excluding carboxylic acids is 1. The zero-order valence-electron chi connectivity index (χ0n) is 13.4. The number of unbranched alkanes of at least 4 members (excludes halogenated alkanes) is 3. The molecule has 0 unspecified atom stereocenters. The first-order valence-electron chi connectivity index (χ1n) is 8.33. The van der Waals surface area contributed by atoms with E-state index in [1.807, 2.05) is 11.6 Å². The lowest BCUT2D eigenvalue weighted by molar-refractivity contribution is -0.128. The van der Waals surface area contributed by atoms with E-state index in [4.69, 9.17) is 0 Å². The summed E-state index contributed by atoms with van der Waals surface area (Å²) in [6, 6.07) is 0.385. The number of nitrogens with one attached hydrogen (secondary N) is 1. The summed E-state index contributed by atoms with van der Waals surface area (Å²) in [6.45, 7) is 5.09. The Morgan fingerprint density at radius 3 is 3.14 bits per heavy atom. The molecule has 0 bridgehead atoms. The van der Waals surface area contributed by atoms with Gasteiger partial charge in [-0.15, -0.1) is 11.3 Å². The summed E-state index contributed by atoms with van der Waals surface area (Å²) in [7, 11) is 0. The lowest BCUT2D eigenvalue weighted by atomic mass is 10.2. The molecule has 0 aliphatic carbocycles. The van der Waals surface area contributed by atoms with Crippen molar-refractivity contribution < 1.29 is 4.79 Å². The first kappa shape index (κ1) is 17.8. The van der Waals surface area contributed by atoms with Crippen molar-refractivity contribution in [3.8, 4) is 0 Å². The Hall–Kier alpha value is -0.590. The van der Waals surface area contributed by atoms with Crippen LogP contribution in [-0.2, 0) is 4.79 Å². The van der Waals surface area contributed by atoms with Gasteiger partial charge in [0.05, 0.1) is 0 Å². The molecule has 0 spiro atoms. The van der Waals surface area contributed by atoms with Gasteiger partial charge in [-0.05, 0) is 19.4 Å². The van der Waals surface area contributed by atoms with E-state index in [0.29, 0.717) is 18.4 Å². The minimum atomic E-state index is 0.317. The van der Waals surface area contributed by atoms with E-state index in [0.717, 1.165) is 36.1 Å². The van der Waals surface area contributed by atoms with Crippen molar-refractivity contribution in [1.82, 2.24) is 15.2 Å². The number of nitrogens with zero attached hydrogens (tertiary/aromatic N) is 2. The van der Waals surface area contributed by atoms with Crippen LogP contribution in [0, 0.1) is 0 Å². The maximum absolute atomic E-state index is 12.0. The van der Waals surface area contributed by atoms with Crippen LogP contribution in [0.4, 0.5) is 0 Å². The van der Waals surface area contributed by atoms with E-state index in [2.05, 4.69) is 22.1 Å². The van der Waals surface area contributed by atoms with Gasteiger partial charge in [0.25, 0.3) is 0 Å². The second-order valence-corrected chi connectivity index (χ2v) is 7.93. The van der Waals surface area contributed by atoms with Gasteiger partial charge in [-0.25, -0.2) is 4.98 Å². The normalized spacial score (nSPS) is 18.3. The molecular weight excluding hydrogens is 314 g/mol. The van der Waals surface area contributed by atoms with Crippen LogP contribution in [0.5, 0.6) is 0 Å². The van der Waals surface area contributed by atoms with E-state index < -0.39 is 0 Å². The summed E-state index contributed by atoms with van der Waals surface area (Å²) in [5, 5.41) is 5.52. The van der Waals surface area contributed by atoms with Gasteiger partial charge in [-0.1, -0.05) is 37.9 Å². The number of likely N-dealkylation sites (tertiary alicyclic amines) is 1. The molecule has 1 aromatic rings. The zero-order valence-corrected chi connectivity index (χ0v) is 15.1. The van der Waals surface area contributed by atoms with E-state index >= 15 is 0 Å². The van der Waals surface area contributed by atoms with Crippen LogP contribution >= 0.6 is 23.1 Å². The van der Waals surface area contributed by atoms with Gasteiger partial charge in [-0.2, -0.15) is 0 Å². The smallest absolute Gasteiger partial charge is 0.222 e. The molecule has 1 saturated heterocycles. The third-order valence-electron chi connectivity index (χ3n) is 4.01. The number of hydrogen-bond donors (Lipinski definition) is 1. The van der Waals surface area contributed by atoms with E-state index in [-0.39, 0.29) is 0 Å². The molecule has 0 radical (unpaired) electrons. The maximum Gasteiger partial charge on any atom is 0.222 e. The Morgan fingerprint density at radius 1 is 1.45 bits per heavy atom. The number of amides is 1. The number of thioether (sulfide) groups is 1. The molecule has 2 heterocycles. The van der Waals surface area contributed by atoms with Gasteiger partial charge in [0, 0.05) is 42.9 Å². The van der Waals surface area contributed by atoms with Crippen molar-refractivity contribution in [3.63, 3.8) is 0 Å². The van der Waals surface area contributed by atoms with E-state index in [1.54, 1.807) is 23.1 Å². The van der Waals surface area contributed by atoms with Crippen LogP contribution in [-0.4, -0.2) is 47.2 Å². The zero-order chi connectivity index (χ0) is 15.6. The summed E-state index contributed by atoms with van der Waals surface area (Å²) in [4.78, 5) is 18.4. The molecule has 6 heteroatoms. The molecule has 2 rings (SSSR count). The Kier molecular flexibility index (Phi) is 8.26. The van der Waals surface area contributed by atoms with E-state index in [9.17, 15) is 4.79 Å². The van der Waals surface area contributed by atoms with Crippen LogP contribution in [0.25, 0.3) is 0 Å². The molecule has 0 aromatic carbocycles. The second kappa shape index (κ2) is 10.2. The van der Waals surface area contributed by atoms with Gasteiger partial charge in [0.2, 0.25) is 5.91 Å². The highest BCUT2D eigenvalue weighted by Crippen LogP contribution is 2.23. The summed E-state index contributed by atoms with van der Waals surface area (Å²) in [5.41, 5.74) is 0. The Labute approximate surface area is 142 Å². The predicted octanol–water partition coefficient (Wildman–Crippen LogP) is 3.40. The summed E-state index contributed by atoms with van der Waals surface area (Å²) in [6.07, 6.45) is 8.70. The van der Waals surface area contributed by atoms with Crippen LogP contribution in [0.15, 0.2) is 15.9 Å². The van der Waals surface area contributed by atoms with E-state index in [1.165, 1.54) is 25.7 Å². The molecule has 1 N–H and O–H groups in total. The molecule has 0 saturated carbocycles. The molecule has 1 fully saturated rings. The van der Waals surface area contributed by atoms with Gasteiger partial charge in [0.15, 0.2) is 0 Å². The second-order valence-electron chi connectivity index (χ2n) is 5.69. The SMILES string of the molecule is CCCCCCNC[C@H]1CCC(=O)N1CCSc1nccs1. The molecule has 124 valence electrons. The molecule has 1 amide bonds. The monoisotopic (exact) mass is 341 g/mol. The fourth-order valence-corrected chi connectivity index (χ4v) is 4.42. The first-order valence-corrected chi connectivity index (χ1v) is 10.2. The predicted molar refractivity (Wildman–Crippen MR) is 94.6 cm³/mol. The average Bonchev–Trinajstić information content (AvgIpc) is 3.15. The fraction of sp³-hybridized carbons (Fsp3) is 0.750. The molecule has 1 aromatic heterocycles. The Bertz CT molecular complexity index is 425. The van der Waals surface area contributed by atoms with Crippen molar-refractivity contribution in [2.24, 2.45) is 0 Å². The number of thiazole rings is 1. The number of hydrogen-bond acceptors (Lipinski definition) is 5. The Morgan fingerprint density at radius 2 is 2.36 bits per heavy atom. The molecule has 1 atom stereocenters. The van der Waals surface area contributed by atoms with Gasteiger partial charge in [-0.3, -0.25) is 4.79 Å². The largest absolute Gasteiger partial charge is 0.338 e. The maximum atomic E-state index is 12.0. The van der Waals surface area contributed by atoms with Crippen LogP contribution in [0.3, 0.4) is 0 Å². The number of aromatic nitrogens is 1. The number of carbonyl (C=O) groups is 1. The van der Waals surface area contributed by atoms with Crippen LogP contribution < -0.4 is 5.32 Å². The lowest BCUT2D eigenvalue weighted by Gasteiger charge is -2.25. The van der Waals surface area contributed by atoms with Crippen LogP contribution in [0.2, 0.25) is 0 Å². The van der Waals surface area contributed by atoms with Crippen molar-refractivity contribution >= 4 is 29.0 Å². The molecule has 1 aliphatic heterocycles. The quantitative estimate of drug-likeness (QED) is 0.495. The van der Waals surface area contributed by atoms with Gasteiger partial charge in [0.1, 0.15) is 4.34 Å². The molecule has 22 heavy (non-hydrogen) atoms. The summed E-state index contributed by atoms with van der Waals surface area (Å²) >= 11 is 3.41. The highest BCUT2D eigenvalue weighted by atomic mass is 32.2. The van der Waals surface area contributed by atoms with Crippen molar-refractivity contribution in [2.45, 2.75) is 55.8 Å². The van der Waals surface area contributed by atoms with Crippen LogP contribution in [0.1, 0.15) is 45.4 Å².